The van der Waals surface area contributed by atoms with Crippen LogP contribution in [-0.2, 0) is 6.18 Å². The number of halogens is 3. The maximum atomic E-state index is 12.8. The molecule has 0 atom stereocenters. The van der Waals surface area contributed by atoms with Crippen molar-refractivity contribution < 1.29 is 22.7 Å². The van der Waals surface area contributed by atoms with E-state index in [4.69, 9.17) is 10.2 Å². The number of nitrogens with two attached hydrogens (primary N) is 1. The molecule has 6 heteroatoms. The van der Waals surface area contributed by atoms with E-state index in [1.807, 2.05) is 0 Å². The normalized spacial score (nSPS) is 11.8. The van der Waals surface area contributed by atoms with Gasteiger partial charge in [-0.15, -0.1) is 0 Å². The third-order valence-corrected chi connectivity index (χ3v) is 2.63. The number of benzene rings is 1. The Kier molecular flexibility index (Phi) is 2.73. The Bertz CT molecular complexity index is 568. The molecule has 1 aromatic carbocycles. The lowest BCUT2D eigenvalue weighted by Crippen LogP contribution is -2.07. The summed E-state index contributed by atoms with van der Waals surface area (Å²) >= 11 is 0. The highest BCUT2D eigenvalue weighted by Crippen LogP contribution is 2.40. The lowest BCUT2D eigenvalue weighted by molar-refractivity contribution is -0.138. The number of anilines is 1. The Labute approximate surface area is 101 Å². The van der Waals surface area contributed by atoms with Gasteiger partial charge in [0.1, 0.15) is 6.26 Å². The Morgan fingerprint density at radius 3 is 2.44 bits per heavy atom. The molecular weight excluding hydrogens is 247 g/mol. The van der Waals surface area contributed by atoms with E-state index in [0.717, 1.165) is 12.3 Å². The van der Waals surface area contributed by atoms with Gasteiger partial charge in [-0.2, -0.15) is 13.2 Å². The Morgan fingerprint density at radius 1 is 1.28 bits per heavy atom. The van der Waals surface area contributed by atoms with Crippen LogP contribution in [0.2, 0.25) is 0 Å². The van der Waals surface area contributed by atoms with Gasteiger partial charge in [0.05, 0.1) is 11.1 Å². The van der Waals surface area contributed by atoms with Gasteiger partial charge in [0.25, 0.3) is 0 Å². The molecule has 2 aromatic rings. The molecule has 1 aromatic heterocycles. The lowest BCUT2D eigenvalue weighted by Gasteiger charge is -2.11. The minimum absolute atomic E-state index is 0.0699. The van der Waals surface area contributed by atoms with Gasteiger partial charge in [-0.05, 0) is 24.1 Å². The molecule has 0 bridgehead atoms. The Hall–Kier alpha value is -2.11. The van der Waals surface area contributed by atoms with E-state index >= 15 is 0 Å². The van der Waals surface area contributed by atoms with Crippen molar-refractivity contribution >= 4 is 5.88 Å². The third-order valence-electron chi connectivity index (χ3n) is 2.63. The fourth-order valence-corrected chi connectivity index (χ4v) is 1.74. The number of aryl methyl sites for hydroxylation is 1. The van der Waals surface area contributed by atoms with Gasteiger partial charge in [0, 0.05) is 0 Å². The second-order valence-corrected chi connectivity index (χ2v) is 3.89. The van der Waals surface area contributed by atoms with Gasteiger partial charge in [0.2, 0.25) is 5.88 Å². The number of aromatic hydroxyl groups is 1. The first-order valence-corrected chi connectivity index (χ1v) is 5.05. The maximum Gasteiger partial charge on any atom is 0.416 e. The average Bonchev–Trinajstić information content (AvgIpc) is 2.58. The molecule has 0 amide bonds. The van der Waals surface area contributed by atoms with E-state index < -0.39 is 11.7 Å². The number of furan rings is 1. The molecule has 0 unspecified atom stereocenters. The molecule has 0 radical (unpaired) electrons. The monoisotopic (exact) mass is 257 g/mol. The van der Waals surface area contributed by atoms with Gasteiger partial charge in [-0.25, -0.2) is 0 Å². The SMILES string of the molecule is Cc1ccc(-c2c(O)coc2N)cc1C(F)(F)F. The molecule has 3 nitrogen and oxygen atoms in total. The van der Waals surface area contributed by atoms with E-state index in [0.29, 0.717) is 0 Å². The van der Waals surface area contributed by atoms with Crippen LogP contribution in [0.5, 0.6) is 5.75 Å². The third kappa shape index (κ3) is 2.01. The molecule has 0 saturated carbocycles. The average molecular weight is 257 g/mol. The predicted octanol–water partition coefficient (Wildman–Crippen LogP) is 3.56. The molecule has 0 fully saturated rings. The van der Waals surface area contributed by atoms with Crippen LogP contribution in [0.3, 0.4) is 0 Å². The van der Waals surface area contributed by atoms with Gasteiger partial charge in [0.15, 0.2) is 5.75 Å². The van der Waals surface area contributed by atoms with Crippen LogP contribution in [0.25, 0.3) is 11.1 Å². The number of alkyl halides is 3. The van der Waals surface area contributed by atoms with Crippen molar-refractivity contribution in [2.75, 3.05) is 5.73 Å². The van der Waals surface area contributed by atoms with Gasteiger partial charge in [-0.1, -0.05) is 12.1 Å². The van der Waals surface area contributed by atoms with E-state index in [1.54, 1.807) is 0 Å². The van der Waals surface area contributed by atoms with Gasteiger partial charge < -0.3 is 15.3 Å². The molecular formula is C12H10F3NO2. The van der Waals surface area contributed by atoms with Crippen molar-refractivity contribution in [3.63, 3.8) is 0 Å². The van der Waals surface area contributed by atoms with Crippen LogP contribution in [0.15, 0.2) is 28.9 Å². The fraction of sp³-hybridized carbons (Fsp3) is 0.167. The molecule has 0 aliphatic rings. The number of rotatable bonds is 1. The van der Waals surface area contributed by atoms with Crippen LogP contribution in [0.1, 0.15) is 11.1 Å². The van der Waals surface area contributed by atoms with Crippen molar-refractivity contribution in [1.82, 2.24) is 0 Å². The van der Waals surface area contributed by atoms with Gasteiger partial charge in [-0.3, -0.25) is 0 Å². The zero-order chi connectivity index (χ0) is 13.5. The molecule has 0 aliphatic carbocycles. The van der Waals surface area contributed by atoms with Crippen molar-refractivity contribution in [2.24, 2.45) is 0 Å². The summed E-state index contributed by atoms with van der Waals surface area (Å²) in [7, 11) is 0. The quantitative estimate of drug-likeness (QED) is 0.821. The van der Waals surface area contributed by atoms with Gasteiger partial charge >= 0.3 is 6.18 Å². The second kappa shape index (κ2) is 3.97. The van der Waals surface area contributed by atoms with Crippen LogP contribution in [-0.4, -0.2) is 5.11 Å². The molecule has 2 rings (SSSR count). The van der Waals surface area contributed by atoms with Crippen LogP contribution in [0.4, 0.5) is 19.1 Å². The summed E-state index contributed by atoms with van der Waals surface area (Å²) in [5, 5.41) is 9.49. The largest absolute Gasteiger partial charge is 0.504 e. The van der Waals surface area contributed by atoms with Crippen LogP contribution >= 0.6 is 0 Å². The second-order valence-electron chi connectivity index (χ2n) is 3.89. The minimum Gasteiger partial charge on any atom is -0.504 e. The highest BCUT2D eigenvalue weighted by atomic mass is 19.4. The predicted molar refractivity (Wildman–Crippen MR) is 60.0 cm³/mol. The number of hydrogen-bond donors (Lipinski definition) is 2. The highest BCUT2D eigenvalue weighted by molar-refractivity contribution is 5.79. The first-order valence-electron chi connectivity index (χ1n) is 5.05. The summed E-state index contributed by atoms with van der Waals surface area (Å²) in [6.45, 7) is 1.37. The summed E-state index contributed by atoms with van der Waals surface area (Å²) < 4.78 is 43.0. The summed E-state index contributed by atoms with van der Waals surface area (Å²) in [5.41, 5.74) is 5.04. The lowest BCUT2D eigenvalue weighted by atomic mass is 10.0. The van der Waals surface area contributed by atoms with E-state index in [1.165, 1.54) is 19.1 Å². The summed E-state index contributed by atoms with van der Waals surface area (Å²) in [6.07, 6.45) is -3.47. The minimum atomic E-state index is -4.45. The van der Waals surface area contributed by atoms with E-state index in [9.17, 15) is 18.3 Å². The molecule has 3 N–H and O–H groups in total. The molecule has 0 aliphatic heterocycles. The van der Waals surface area contributed by atoms with Crippen LogP contribution < -0.4 is 5.73 Å². The number of nitrogen functional groups attached to an aromatic ring is 1. The van der Waals surface area contributed by atoms with Crippen molar-refractivity contribution in [1.29, 1.82) is 0 Å². The summed E-state index contributed by atoms with van der Waals surface area (Å²) in [5.74, 6) is -0.408. The number of hydrogen-bond acceptors (Lipinski definition) is 3. The molecule has 1 heterocycles. The summed E-state index contributed by atoms with van der Waals surface area (Å²) in [4.78, 5) is 0. The van der Waals surface area contributed by atoms with Crippen molar-refractivity contribution in [3.8, 4) is 16.9 Å². The van der Waals surface area contributed by atoms with E-state index in [2.05, 4.69) is 0 Å². The molecule has 0 saturated heterocycles. The van der Waals surface area contributed by atoms with Crippen molar-refractivity contribution in [2.45, 2.75) is 13.1 Å². The summed E-state index contributed by atoms with van der Waals surface area (Å²) in [6, 6.07) is 3.71. The molecule has 18 heavy (non-hydrogen) atoms. The zero-order valence-corrected chi connectivity index (χ0v) is 9.38. The molecule has 96 valence electrons. The maximum absolute atomic E-state index is 12.8. The zero-order valence-electron chi connectivity index (χ0n) is 9.38. The fourth-order valence-electron chi connectivity index (χ4n) is 1.74. The first-order chi connectivity index (χ1) is 8.30. The standard InChI is InChI=1S/C12H10F3NO2/c1-6-2-3-7(4-8(6)12(13,14)15)10-9(17)5-18-11(10)16/h2-5,17H,16H2,1H3. The smallest absolute Gasteiger partial charge is 0.416 e. The Balaban J connectivity index is 2.62. The van der Waals surface area contributed by atoms with Crippen LogP contribution in [0, 0.1) is 6.92 Å². The van der Waals surface area contributed by atoms with E-state index in [-0.39, 0.29) is 28.3 Å². The molecule has 0 spiro atoms. The first kappa shape index (κ1) is 12.3. The van der Waals surface area contributed by atoms with Crippen molar-refractivity contribution in [3.05, 3.63) is 35.6 Å². The topological polar surface area (TPSA) is 59.4 Å². The highest BCUT2D eigenvalue weighted by Gasteiger charge is 2.33. The Morgan fingerprint density at radius 2 is 1.94 bits per heavy atom.